The van der Waals surface area contributed by atoms with Crippen LogP contribution in [-0.4, -0.2) is 21.0 Å². The van der Waals surface area contributed by atoms with E-state index in [9.17, 15) is 24.1 Å². The zero-order valence-electron chi connectivity index (χ0n) is 13.0. The molecule has 0 spiro atoms. The van der Waals surface area contributed by atoms with Crippen LogP contribution >= 0.6 is 23.4 Å². The Hall–Kier alpha value is -2.71. The highest BCUT2D eigenvalue weighted by Crippen LogP contribution is 2.34. The monoisotopic (exact) mass is 392 g/mol. The number of thioether (sulfide) groups is 1. The van der Waals surface area contributed by atoms with Crippen LogP contribution in [0.4, 0.5) is 14.9 Å². The molecule has 0 bridgehead atoms. The van der Waals surface area contributed by atoms with Crippen molar-refractivity contribution in [3.63, 3.8) is 0 Å². The number of hydrogen-bond donors (Lipinski definition) is 0. The average Bonchev–Trinajstić information content (AvgIpc) is 2.85. The van der Waals surface area contributed by atoms with Crippen LogP contribution in [-0.2, 0) is 11.3 Å². The smallest absolute Gasteiger partial charge is 0.268 e. The van der Waals surface area contributed by atoms with E-state index in [0.717, 1.165) is 16.7 Å². The molecule has 3 rings (SSSR count). The van der Waals surface area contributed by atoms with Gasteiger partial charge < -0.3 is 0 Å². The minimum atomic E-state index is -0.601. The third kappa shape index (κ3) is 3.61. The average molecular weight is 393 g/mol. The number of nitro groups is 1. The zero-order valence-corrected chi connectivity index (χ0v) is 14.6. The van der Waals surface area contributed by atoms with E-state index in [2.05, 4.69) is 0 Å². The Bertz CT molecular complexity index is 926. The second-order valence-corrected chi connectivity index (χ2v) is 6.72. The third-order valence-corrected chi connectivity index (χ3v) is 4.91. The first kappa shape index (κ1) is 18.1. The second-order valence-electron chi connectivity index (χ2n) is 5.32. The minimum absolute atomic E-state index is 0.0630. The van der Waals surface area contributed by atoms with E-state index in [1.165, 1.54) is 48.5 Å². The fourth-order valence-electron chi connectivity index (χ4n) is 2.32. The molecule has 1 aliphatic heterocycles. The Labute approximate surface area is 156 Å². The van der Waals surface area contributed by atoms with Gasteiger partial charge in [-0.2, -0.15) is 0 Å². The lowest BCUT2D eigenvalue weighted by Crippen LogP contribution is -2.28. The molecule has 2 aromatic rings. The fourth-order valence-corrected chi connectivity index (χ4v) is 3.38. The van der Waals surface area contributed by atoms with E-state index in [-0.39, 0.29) is 27.7 Å². The molecular weight excluding hydrogens is 383 g/mol. The SMILES string of the molecule is O=C1SC(=Cc2ccc([N+](=O)[O-])cc2)C(=O)N1Cc1c(F)cccc1Cl. The summed E-state index contributed by atoms with van der Waals surface area (Å²) in [6.45, 7) is -0.270. The fraction of sp³-hybridized carbons (Fsp3) is 0.0588. The maximum atomic E-state index is 13.9. The molecule has 1 heterocycles. The highest BCUT2D eigenvalue weighted by molar-refractivity contribution is 8.18. The van der Waals surface area contributed by atoms with Gasteiger partial charge in [-0.3, -0.25) is 24.6 Å². The number of imide groups is 1. The number of rotatable bonds is 4. The predicted molar refractivity (Wildman–Crippen MR) is 96.0 cm³/mol. The number of carbonyl (C=O) groups is 2. The van der Waals surface area contributed by atoms with Gasteiger partial charge in [0, 0.05) is 22.7 Å². The van der Waals surface area contributed by atoms with Crippen molar-refractivity contribution in [3.8, 4) is 0 Å². The summed E-state index contributed by atoms with van der Waals surface area (Å²) in [7, 11) is 0. The lowest BCUT2D eigenvalue weighted by Gasteiger charge is -2.14. The van der Waals surface area contributed by atoms with Crippen LogP contribution in [0.5, 0.6) is 0 Å². The van der Waals surface area contributed by atoms with Crippen LogP contribution in [0.25, 0.3) is 6.08 Å². The van der Waals surface area contributed by atoms with E-state index < -0.39 is 21.9 Å². The first-order valence-corrected chi connectivity index (χ1v) is 8.49. The Morgan fingerprint density at radius 1 is 1.19 bits per heavy atom. The number of benzene rings is 2. The van der Waals surface area contributed by atoms with E-state index in [1.807, 2.05) is 0 Å². The van der Waals surface area contributed by atoms with E-state index >= 15 is 0 Å². The summed E-state index contributed by atoms with van der Waals surface area (Å²) >= 11 is 6.66. The van der Waals surface area contributed by atoms with Gasteiger partial charge in [-0.05, 0) is 47.7 Å². The van der Waals surface area contributed by atoms with Gasteiger partial charge in [0.25, 0.3) is 16.8 Å². The highest BCUT2D eigenvalue weighted by Gasteiger charge is 2.35. The Morgan fingerprint density at radius 2 is 1.88 bits per heavy atom. The third-order valence-electron chi connectivity index (χ3n) is 3.65. The summed E-state index contributed by atoms with van der Waals surface area (Å²) in [5, 5.41) is 10.3. The molecule has 1 fully saturated rings. The number of hydrogen-bond acceptors (Lipinski definition) is 5. The first-order chi connectivity index (χ1) is 12.4. The van der Waals surface area contributed by atoms with Gasteiger partial charge in [0.15, 0.2) is 0 Å². The molecule has 1 aliphatic rings. The van der Waals surface area contributed by atoms with E-state index in [0.29, 0.717) is 5.56 Å². The van der Waals surface area contributed by atoms with Crippen molar-refractivity contribution in [2.24, 2.45) is 0 Å². The molecule has 6 nitrogen and oxygen atoms in total. The molecule has 0 N–H and O–H groups in total. The van der Waals surface area contributed by atoms with Gasteiger partial charge in [0.2, 0.25) is 0 Å². The van der Waals surface area contributed by atoms with Crippen molar-refractivity contribution in [2.45, 2.75) is 6.54 Å². The van der Waals surface area contributed by atoms with Gasteiger partial charge >= 0.3 is 0 Å². The second kappa shape index (κ2) is 7.27. The number of non-ortho nitro benzene ring substituents is 1. The van der Waals surface area contributed by atoms with Crippen LogP contribution in [0.1, 0.15) is 11.1 Å². The van der Waals surface area contributed by atoms with E-state index in [4.69, 9.17) is 11.6 Å². The Kier molecular flexibility index (Phi) is 5.06. The van der Waals surface area contributed by atoms with Crippen molar-refractivity contribution >= 4 is 46.3 Å². The summed E-state index contributed by atoms with van der Waals surface area (Å²) < 4.78 is 13.9. The zero-order chi connectivity index (χ0) is 18.8. The van der Waals surface area contributed by atoms with Crippen molar-refractivity contribution in [1.29, 1.82) is 0 Å². The van der Waals surface area contributed by atoms with Crippen molar-refractivity contribution in [2.75, 3.05) is 0 Å². The van der Waals surface area contributed by atoms with Gasteiger partial charge in [0.1, 0.15) is 5.82 Å². The molecule has 0 radical (unpaired) electrons. The summed E-state index contributed by atoms with van der Waals surface area (Å²) in [6, 6.07) is 9.66. The molecule has 26 heavy (non-hydrogen) atoms. The lowest BCUT2D eigenvalue weighted by molar-refractivity contribution is -0.384. The van der Waals surface area contributed by atoms with Crippen molar-refractivity contribution < 1.29 is 18.9 Å². The molecular formula is C17H10ClFN2O4S. The molecule has 0 aromatic heterocycles. The van der Waals surface area contributed by atoms with Gasteiger partial charge in [0.05, 0.1) is 16.4 Å². The molecule has 0 aliphatic carbocycles. The van der Waals surface area contributed by atoms with Gasteiger partial charge in [-0.1, -0.05) is 17.7 Å². The summed E-state index contributed by atoms with van der Waals surface area (Å²) in [5.74, 6) is -1.17. The number of carbonyl (C=O) groups excluding carboxylic acids is 2. The molecule has 0 atom stereocenters. The number of amides is 2. The summed E-state index contributed by atoms with van der Waals surface area (Å²) in [5.41, 5.74) is 0.516. The molecule has 2 amide bonds. The van der Waals surface area contributed by atoms with Crippen LogP contribution in [0.15, 0.2) is 47.4 Å². The quantitative estimate of drug-likeness (QED) is 0.430. The number of nitrogens with zero attached hydrogens (tertiary/aromatic N) is 2. The Morgan fingerprint density at radius 3 is 2.50 bits per heavy atom. The van der Waals surface area contributed by atoms with E-state index in [1.54, 1.807) is 0 Å². The highest BCUT2D eigenvalue weighted by atomic mass is 35.5. The van der Waals surface area contributed by atoms with Gasteiger partial charge in [-0.25, -0.2) is 4.39 Å². The molecule has 0 saturated carbocycles. The Balaban J connectivity index is 1.83. The minimum Gasteiger partial charge on any atom is -0.268 e. The largest absolute Gasteiger partial charge is 0.293 e. The molecule has 132 valence electrons. The predicted octanol–water partition coefficient (Wildman–Crippen LogP) is 4.62. The van der Waals surface area contributed by atoms with Crippen LogP contribution in [0.3, 0.4) is 0 Å². The molecule has 0 unspecified atom stereocenters. The van der Waals surface area contributed by atoms with Crippen LogP contribution in [0, 0.1) is 15.9 Å². The van der Waals surface area contributed by atoms with Crippen molar-refractivity contribution in [3.05, 3.63) is 79.5 Å². The maximum Gasteiger partial charge on any atom is 0.293 e. The maximum absolute atomic E-state index is 13.9. The summed E-state index contributed by atoms with van der Waals surface area (Å²) in [4.78, 5) is 35.8. The normalized spacial score (nSPS) is 15.8. The standard InChI is InChI=1S/C17H10ClFN2O4S/c18-13-2-1-3-14(19)12(13)9-20-16(22)15(26-17(20)23)8-10-4-6-11(7-5-10)21(24)25/h1-8H,9H2. The number of nitro benzene ring substituents is 1. The van der Waals surface area contributed by atoms with Gasteiger partial charge in [-0.15, -0.1) is 0 Å². The van der Waals surface area contributed by atoms with Crippen LogP contribution in [0.2, 0.25) is 5.02 Å². The lowest BCUT2D eigenvalue weighted by atomic mass is 10.1. The van der Waals surface area contributed by atoms with Crippen molar-refractivity contribution in [1.82, 2.24) is 4.90 Å². The molecule has 2 aromatic carbocycles. The summed E-state index contributed by atoms with van der Waals surface area (Å²) in [6.07, 6.45) is 1.46. The molecule has 1 saturated heterocycles. The topological polar surface area (TPSA) is 80.5 Å². The molecule has 9 heteroatoms. The first-order valence-electron chi connectivity index (χ1n) is 7.29. The van der Waals surface area contributed by atoms with Crippen LogP contribution < -0.4 is 0 Å². The number of halogens is 2.